The average Bonchev–Trinajstić information content (AvgIpc) is 2.82. The van der Waals surface area contributed by atoms with E-state index in [1.807, 2.05) is 0 Å². The van der Waals surface area contributed by atoms with E-state index in [1.165, 1.54) is 12.1 Å². The first-order valence-corrected chi connectivity index (χ1v) is 10.1. The number of aromatic nitrogens is 2. The van der Waals surface area contributed by atoms with Crippen molar-refractivity contribution in [1.29, 1.82) is 0 Å². The summed E-state index contributed by atoms with van der Waals surface area (Å²) in [7, 11) is 0. The van der Waals surface area contributed by atoms with Crippen LogP contribution in [0, 0.1) is 20.2 Å². The number of nitro benzene ring substituents is 2. The van der Waals surface area contributed by atoms with E-state index in [2.05, 4.69) is 19.8 Å². The van der Waals surface area contributed by atoms with Gasteiger partial charge in [0.05, 0.1) is 32.0 Å². The molecule has 160 valence electrons. The molecule has 5 rings (SSSR count). The van der Waals surface area contributed by atoms with Gasteiger partial charge in [0, 0.05) is 50.7 Å². The number of piperazine rings is 1. The van der Waals surface area contributed by atoms with Gasteiger partial charge >= 0.3 is 0 Å². The summed E-state index contributed by atoms with van der Waals surface area (Å²) in [5.41, 5.74) is 3.02. The van der Waals surface area contributed by atoms with Crippen LogP contribution >= 0.6 is 0 Å². The summed E-state index contributed by atoms with van der Waals surface area (Å²) in [5, 5.41) is 23.8. The summed E-state index contributed by atoms with van der Waals surface area (Å²) >= 11 is 0. The lowest BCUT2D eigenvalue weighted by atomic mass is 10.1. The van der Waals surface area contributed by atoms with Crippen LogP contribution in [0.25, 0.3) is 21.8 Å². The molecular weight excluding hydrogens is 412 g/mol. The van der Waals surface area contributed by atoms with E-state index in [4.69, 9.17) is 0 Å². The Morgan fingerprint density at radius 1 is 0.656 bits per heavy atom. The minimum absolute atomic E-state index is 0.0407. The fourth-order valence-corrected chi connectivity index (χ4v) is 4.30. The first kappa shape index (κ1) is 19.6. The summed E-state index contributed by atoms with van der Waals surface area (Å²) in [4.78, 5) is 35.1. The molecule has 32 heavy (non-hydrogen) atoms. The van der Waals surface area contributed by atoms with Crippen LogP contribution in [0.3, 0.4) is 0 Å². The van der Waals surface area contributed by atoms with Gasteiger partial charge in [-0.05, 0) is 36.4 Å². The van der Waals surface area contributed by atoms with Gasteiger partial charge in [0.2, 0.25) is 0 Å². The quantitative estimate of drug-likeness (QED) is 0.353. The monoisotopic (exact) mass is 430 g/mol. The topological polar surface area (TPSA) is 119 Å². The first-order valence-electron chi connectivity index (χ1n) is 10.1. The number of hydrogen-bond acceptors (Lipinski definition) is 8. The molecule has 0 aliphatic carbocycles. The molecule has 0 bridgehead atoms. The van der Waals surface area contributed by atoms with Gasteiger partial charge in [0.15, 0.2) is 0 Å². The Morgan fingerprint density at radius 2 is 1.06 bits per heavy atom. The molecule has 0 atom stereocenters. The Labute approximate surface area is 182 Å². The zero-order valence-electron chi connectivity index (χ0n) is 16.9. The number of hydrogen-bond donors (Lipinski definition) is 0. The van der Waals surface area contributed by atoms with Gasteiger partial charge < -0.3 is 9.80 Å². The Morgan fingerprint density at radius 3 is 1.44 bits per heavy atom. The lowest BCUT2D eigenvalue weighted by molar-refractivity contribution is -0.383. The van der Waals surface area contributed by atoms with Gasteiger partial charge in [-0.3, -0.25) is 30.2 Å². The van der Waals surface area contributed by atoms with Gasteiger partial charge in [-0.25, -0.2) is 0 Å². The zero-order chi connectivity index (χ0) is 22.2. The molecule has 0 saturated carbocycles. The largest absolute Gasteiger partial charge is 0.366 e. The maximum atomic E-state index is 11.4. The predicted octanol–water partition coefficient (Wildman–Crippen LogP) is 3.93. The number of pyridine rings is 2. The number of fused-ring (bicyclic) bond motifs is 2. The fraction of sp³-hybridized carbons (Fsp3) is 0.182. The number of rotatable bonds is 4. The third kappa shape index (κ3) is 3.22. The Kier molecular flexibility index (Phi) is 4.74. The molecule has 3 heterocycles. The molecule has 1 aliphatic rings. The van der Waals surface area contributed by atoms with Crippen molar-refractivity contribution < 1.29 is 9.85 Å². The van der Waals surface area contributed by atoms with Crippen molar-refractivity contribution in [3.8, 4) is 0 Å². The van der Waals surface area contributed by atoms with E-state index in [9.17, 15) is 20.2 Å². The highest BCUT2D eigenvalue weighted by molar-refractivity contribution is 5.98. The van der Waals surface area contributed by atoms with Gasteiger partial charge in [-0.2, -0.15) is 0 Å². The van der Waals surface area contributed by atoms with Gasteiger partial charge in [-0.1, -0.05) is 0 Å². The van der Waals surface area contributed by atoms with Crippen LogP contribution in [0.2, 0.25) is 0 Å². The fourth-order valence-electron chi connectivity index (χ4n) is 4.30. The minimum atomic E-state index is -0.390. The molecule has 0 spiro atoms. The molecule has 0 N–H and O–H groups in total. The van der Waals surface area contributed by atoms with E-state index < -0.39 is 9.85 Å². The molecule has 10 nitrogen and oxygen atoms in total. The zero-order valence-corrected chi connectivity index (χ0v) is 16.9. The van der Waals surface area contributed by atoms with E-state index in [1.54, 1.807) is 48.8 Å². The predicted molar refractivity (Wildman–Crippen MR) is 121 cm³/mol. The van der Waals surface area contributed by atoms with Crippen molar-refractivity contribution in [3.05, 3.63) is 81.2 Å². The normalized spacial score (nSPS) is 14.1. The molecule has 1 fully saturated rings. The second kappa shape index (κ2) is 7.73. The second-order valence-electron chi connectivity index (χ2n) is 7.50. The van der Waals surface area contributed by atoms with E-state index in [-0.39, 0.29) is 11.4 Å². The molecule has 2 aromatic heterocycles. The molecule has 1 saturated heterocycles. The molecule has 4 aromatic rings. The van der Waals surface area contributed by atoms with E-state index in [0.717, 1.165) is 11.4 Å². The van der Waals surface area contributed by atoms with Crippen LogP contribution in [0.1, 0.15) is 0 Å². The summed E-state index contributed by atoms with van der Waals surface area (Å²) in [5.74, 6) is 0. The highest BCUT2D eigenvalue weighted by Gasteiger charge is 2.25. The number of nitro groups is 2. The maximum absolute atomic E-state index is 11.4. The van der Waals surface area contributed by atoms with Crippen LogP contribution in [-0.2, 0) is 0 Å². The molecule has 10 heteroatoms. The van der Waals surface area contributed by atoms with E-state index >= 15 is 0 Å². The van der Waals surface area contributed by atoms with Crippen LogP contribution < -0.4 is 9.80 Å². The SMILES string of the molecule is O=[N+]([O-])c1ccc(N2CCN(c3ccc([N+](=O)[O-])c4cccnc34)CC2)c2ncccc12. The van der Waals surface area contributed by atoms with Crippen molar-refractivity contribution in [2.45, 2.75) is 0 Å². The molecule has 0 radical (unpaired) electrons. The average molecular weight is 430 g/mol. The highest BCUT2D eigenvalue weighted by Crippen LogP contribution is 2.35. The molecule has 1 aliphatic heterocycles. The van der Waals surface area contributed by atoms with Crippen LogP contribution in [-0.4, -0.2) is 46.0 Å². The van der Waals surface area contributed by atoms with Crippen molar-refractivity contribution in [3.63, 3.8) is 0 Å². The highest BCUT2D eigenvalue weighted by atomic mass is 16.6. The minimum Gasteiger partial charge on any atom is -0.366 e. The van der Waals surface area contributed by atoms with Crippen molar-refractivity contribution in [1.82, 2.24) is 9.97 Å². The van der Waals surface area contributed by atoms with Crippen molar-refractivity contribution >= 4 is 44.6 Å². The van der Waals surface area contributed by atoms with Gasteiger partial charge in [-0.15, -0.1) is 0 Å². The lowest BCUT2D eigenvalue weighted by Gasteiger charge is -2.37. The van der Waals surface area contributed by atoms with Crippen LogP contribution in [0.4, 0.5) is 22.7 Å². The lowest BCUT2D eigenvalue weighted by Crippen LogP contribution is -2.46. The van der Waals surface area contributed by atoms with Crippen molar-refractivity contribution in [2.24, 2.45) is 0 Å². The summed E-state index contributed by atoms with van der Waals surface area (Å²) < 4.78 is 0. The molecule has 2 aromatic carbocycles. The van der Waals surface area contributed by atoms with Crippen molar-refractivity contribution in [2.75, 3.05) is 36.0 Å². The maximum Gasteiger partial charge on any atom is 0.278 e. The number of non-ortho nitro benzene ring substituents is 2. The standard InChI is InChI=1S/C22H18N6O4/c29-27(30)17-5-7-19(21-15(17)3-1-9-23-21)25-11-13-26(14-12-25)20-8-6-18(28(31)32)16-4-2-10-24-22(16)20/h1-10H,11-14H2. The Hall–Kier alpha value is -4.34. The molecule has 0 unspecified atom stereocenters. The second-order valence-corrected chi connectivity index (χ2v) is 7.50. The third-order valence-electron chi connectivity index (χ3n) is 5.81. The smallest absolute Gasteiger partial charge is 0.278 e. The summed E-state index contributed by atoms with van der Waals surface area (Å²) in [6.07, 6.45) is 3.28. The molecule has 0 amide bonds. The summed E-state index contributed by atoms with van der Waals surface area (Å²) in [6.45, 7) is 2.70. The number of anilines is 2. The Bertz CT molecular complexity index is 1260. The number of benzene rings is 2. The Balaban J connectivity index is 1.45. The third-order valence-corrected chi connectivity index (χ3v) is 5.81. The van der Waals surface area contributed by atoms with Gasteiger partial charge in [0.25, 0.3) is 11.4 Å². The van der Waals surface area contributed by atoms with Gasteiger partial charge in [0.1, 0.15) is 11.0 Å². The number of nitrogens with zero attached hydrogens (tertiary/aromatic N) is 6. The van der Waals surface area contributed by atoms with E-state index in [0.29, 0.717) is 48.0 Å². The first-order chi connectivity index (χ1) is 15.5. The molecular formula is C22H18N6O4. The van der Waals surface area contributed by atoms with Crippen LogP contribution in [0.15, 0.2) is 60.9 Å². The van der Waals surface area contributed by atoms with Crippen LogP contribution in [0.5, 0.6) is 0 Å². The summed E-state index contributed by atoms with van der Waals surface area (Å²) in [6, 6.07) is 13.4.